The molecule has 0 unspecified atom stereocenters. The molecule has 176 valence electrons. The lowest BCUT2D eigenvalue weighted by Crippen LogP contribution is -2.37. The lowest BCUT2D eigenvalue weighted by Gasteiger charge is -2.31. The Morgan fingerprint density at radius 2 is 1.71 bits per heavy atom. The van der Waals surface area contributed by atoms with Gasteiger partial charge in [-0.1, -0.05) is 18.2 Å². The second kappa shape index (κ2) is 7.55. The standard InChI is InChI=1S/C27H23FN4O2S/c1-14-12-18-19(13-15(14)2)32-23(16-8-5-6-9-17(16)28)21-24(30(3)27(34)31(4)26(21)33)25(32)22(29-18)20-10-7-11-35-20/h5-13,22,29H,1-4H3/t22-/m0/s1. The van der Waals surface area contributed by atoms with E-state index in [1.54, 1.807) is 36.6 Å². The van der Waals surface area contributed by atoms with Crippen LogP contribution in [0.25, 0.3) is 27.8 Å². The summed E-state index contributed by atoms with van der Waals surface area (Å²) in [6.45, 7) is 4.08. The number of aromatic nitrogens is 3. The molecule has 6 nitrogen and oxygen atoms in total. The molecule has 4 heterocycles. The van der Waals surface area contributed by atoms with Gasteiger partial charge in [0.05, 0.1) is 33.7 Å². The average Bonchev–Trinajstić information content (AvgIpc) is 3.49. The van der Waals surface area contributed by atoms with Gasteiger partial charge in [0, 0.05) is 24.5 Å². The smallest absolute Gasteiger partial charge is 0.331 e. The molecule has 0 aliphatic carbocycles. The second-order valence-corrected chi connectivity index (χ2v) is 10.0. The minimum Gasteiger partial charge on any atom is -0.370 e. The number of halogens is 1. The molecule has 8 heteroatoms. The van der Waals surface area contributed by atoms with E-state index in [1.165, 1.54) is 17.7 Å². The van der Waals surface area contributed by atoms with E-state index in [0.717, 1.165) is 37.6 Å². The van der Waals surface area contributed by atoms with Crippen molar-refractivity contribution in [3.63, 3.8) is 0 Å². The molecule has 0 spiro atoms. The van der Waals surface area contributed by atoms with Crippen LogP contribution in [-0.2, 0) is 14.1 Å². The summed E-state index contributed by atoms with van der Waals surface area (Å²) in [5.41, 5.74) is 5.05. The highest BCUT2D eigenvalue weighted by molar-refractivity contribution is 7.10. The predicted octanol–water partition coefficient (Wildman–Crippen LogP) is 5.03. The van der Waals surface area contributed by atoms with E-state index in [0.29, 0.717) is 22.2 Å². The molecule has 2 aromatic carbocycles. The number of anilines is 1. The van der Waals surface area contributed by atoms with Crippen molar-refractivity contribution in [2.24, 2.45) is 14.1 Å². The molecule has 0 amide bonds. The van der Waals surface area contributed by atoms with Crippen molar-refractivity contribution in [3.8, 4) is 16.9 Å². The van der Waals surface area contributed by atoms with Gasteiger partial charge in [0.1, 0.15) is 11.9 Å². The minimum atomic E-state index is -0.446. The number of thiophene rings is 1. The Labute approximate surface area is 204 Å². The lowest BCUT2D eigenvalue weighted by molar-refractivity contribution is 0.630. The quantitative estimate of drug-likeness (QED) is 0.381. The zero-order chi connectivity index (χ0) is 24.6. The van der Waals surface area contributed by atoms with Gasteiger partial charge in [-0.2, -0.15) is 0 Å². The van der Waals surface area contributed by atoms with E-state index in [1.807, 2.05) is 29.0 Å². The van der Waals surface area contributed by atoms with E-state index in [-0.39, 0.29) is 6.04 Å². The van der Waals surface area contributed by atoms with Crippen molar-refractivity contribution in [3.05, 3.63) is 102 Å². The van der Waals surface area contributed by atoms with Crippen LogP contribution in [0, 0.1) is 19.7 Å². The van der Waals surface area contributed by atoms with Crippen LogP contribution in [0.3, 0.4) is 0 Å². The molecule has 0 fully saturated rings. The third-order valence-corrected chi connectivity index (χ3v) is 7.93. The van der Waals surface area contributed by atoms with Crippen LogP contribution < -0.4 is 16.6 Å². The van der Waals surface area contributed by atoms with Gasteiger partial charge < -0.3 is 9.88 Å². The third-order valence-electron chi connectivity index (χ3n) is 6.99. The lowest BCUT2D eigenvalue weighted by atomic mass is 10.0. The number of hydrogen-bond acceptors (Lipinski definition) is 4. The summed E-state index contributed by atoms with van der Waals surface area (Å²) in [7, 11) is 3.12. The van der Waals surface area contributed by atoms with Crippen LogP contribution in [0.4, 0.5) is 10.1 Å². The Kier molecular flexibility index (Phi) is 4.66. The molecule has 0 saturated carbocycles. The number of fused-ring (bicyclic) bond motifs is 5. The van der Waals surface area contributed by atoms with Gasteiger partial charge in [0.25, 0.3) is 5.56 Å². The van der Waals surface area contributed by atoms with E-state index in [4.69, 9.17) is 0 Å². The number of nitrogens with one attached hydrogen (secondary N) is 1. The van der Waals surface area contributed by atoms with Gasteiger partial charge in [-0.25, -0.2) is 9.18 Å². The van der Waals surface area contributed by atoms with Crippen molar-refractivity contribution in [1.82, 2.24) is 13.7 Å². The van der Waals surface area contributed by atoms with Gasteiger partial charge in [0.15, 0.2) is 0 Å². The number of hydrogen-bond donors (Lipinski definition) is 1. The second-order valence-electron chi connectivity index (χ2n) is 9.02. The van der Waals surface area contributed by atoms with Gasteiger partial charge in [-0.3, -0.25) is 13.9 Å². The van der Waals surface area contributed by atoms with E-state index in [2.05, 4.69) is 24.4 Å². The Morgan fingerprint density at radius 1 is 0.971 bits per heavy atom. The topological polar surface area (TPSA) is 61.0 Å². The fraction of sp³-hybridized carbons (Fsp3) is 0.185. The normalized spacial score (nSPS) is 14.6. The first-order valence-corrected chi connectivity index (χ1v) is 12.2. The molecular formula is C27H23FN4O2S. The summed E-state index contributed by atoms with van der Waals surface area (Å²) in [6, 6.07) is 14.3. The van der Waals surface area contributed by atoms with Crippen molar-refractivity contribution in [1.29, 1.82) is 0 Å². The molecule has 5 aromatic rings. The van der Waals surface area contributed by atoms with Crippen molar-refractivity contribution >= 4 is 27.9 Å². The zero-order valence-electron chi connectivity index (χ0n) is 19.7. The summed E-state index contributed by atoms with van der Waals surface area (Å²) < 4.78 is 19.9. The SMILES string of the molecule is Cc1cc2c(cc1C)-n1c(-c3ccccc3F)c3c(=O)n(C)c(=O)n(C)c3c1[C@H](c1cccs1)N2. The Morgan fingerprint density at radius 3 is 2.43 bits per heavy atom. The molecular weight excluding hydrogens is 463 g/mol. The van der Waals surface area contributed by atoms with Crippen LogP contribution in [-0.4, -0.2) is 13.7 Å². The Bertz CT molecular complexity index is 1780. The average molecular weight is 487 g/mol. The van der Waals surface area contributed by atoms with Crippen LogP contribution in [0.1, 0.15) is 27.7 Å². The first kappa shape index (κ1) is 21.6. The predicted molar refractivity (Wildman–Crippen MR) is 138 cm³/mol. The first-order valence-electron chi connectivity index (χ1n) is 11.3. The van der Waals surface area contributed by atoms with Crippen LogP contribution in [0.2, 0.25) is 0 Å². The Balaban J connectivity index is 1.92. The van der Waals surface area contributed by atoms with Gasteiger partial charge >= 0.3 is 5.69 Å². The highest BCUT2D eigenvalue weighted by Crippen LogP contribution is 2.47. The number of aryl methyl sites for hydroxylation is 3. The number of benzene rings is 2. The molecule has 1 N–H and O–H groups in total. The highest BCUT2D eigenvalue weighted by Gasteiger charge is 2.36. The largest absolute Gasteiger partial charge is 0.370 e. The van der Waals surface area contributed by atoms with Crippen LogP contribution in [0.5, 0.6) is 0 Å². The maximum atomic E-state index is 15.3. The van der Waals surface area contributed by atoms with E-state index < -0.39 is 17.1 Å². The molecule has 1 atom stereocenters. The maximum absolute atomic E-state index is 15.3. The van der Waals surface area contributed by atoms with Gasteiger partial charge in [0.2, 0.25) is 0 Å². The first-order chi connectivity index (χ1) is 16.8. The molecule has 1 aliphatic rings. The molecule has 0 bridgehead atoms. The summed E-state index contributed by atoms with van der Waals surface area (Å²) in [5, 5.41) is 5.97. The van der Waals surface area contributed by atoms with Crippen molar-refractivity contribution < 1.29 is 4.39 Å². The summed E-state index contributed by atoms with van der Waals surface area (Å²) in [5.74, 6) is -0.429. The fourth-order valence-electron chi connectivity index (χ4n) is 5.11. The zero-order valence-corrected chi connectivity index (χ0v) is 20.5. The van der Waals surface area contributed by atoms with E-state index >= 15 is 4.39 Å². The molecule has 35 heavy (non-hydrogen) atoms. The van der Waals surface area contributed by atoms with Crippen molar-refractivity contribution in [2.45, 2.75) is 19.9 Å². The van der Waals surface area contributed by atoms with Crippen LogP contribution >= 0.6 is 11.3 Å². The third kappa shape index (κ3) is 2.93. The van der Waals surface area contributed by atoms with Crippen molar-refractivity contribution in [2.75, 3.05) is 5.32 Å². The van der Waals surface area contributed by atoms with Gasteiger partial charge in [-0.15, -0.1) is 11.3 Å². The highest BCUT2D eigenvalue weighted by atomic mass is 32.1. The molecule has 6 rings (SSSR count). The minimum absolute atomic E-state index is 0.315. The van der Waals surface area contributed by atoms with E-state index in [9.17, 15) is 9.59 Å². The molecule has 3 aromatic heterocycles. The van der Waals surface area contributed by atoms with Crippen LogP contribution in [0.15, 0.2) is 63.5 Å². The Hall–Kier alpha value is -3.91. The van der Waals surface area contributed by atoms with Gasteiger partial charge in [-0.05, 0) is 60.7 Å². The monoisotopic (exact) mass is 486 g/mol. The number of nitrogens with zero attached hydrogens (tertiary/aromatic N) is 3. The molecule has 0 radical (unpaired) electrons. The summed E-state index contributed by atoms with van der Waals surface area (Å²) in [4.78, 5) is 27.7. The maximum Gasteiger partial charge on any atom is 0.331 e. The molecule has 1 aliphatic heterocycles. The number of rotatable bonds is 2. The molecule has 0 saturated heterocycles. The summed E-state index contributed by atoms with van der Waals surface area (Å²) >= 11 is 1.59. The summed E-state index contributed by atoms with van der Waals surface area (Å²) in [6.07, 6.45) is 0. The fourth-order valence-corrected chi connectivity index (χ4v) is 5.88.